The highest BCUT2D eigenvalue weighted by Crippen LogP contribution is 2.16. The first-order valence-electron chi connectivity index (χ1n) is 6.37. The van der Waals surface area contributed by atoms with E-state index >= 15 is 0 Å². The Morgan fingerprint density at radius 1 is 1.56 bits per heavy atom. The molecule has 0 saturated carbocycles. The lowest BCUT2D eigenvalue weighted by molar-refractivity contribution is -0.135. The van der Waals surface area contributed by atoms with Crippen LogP contribution in [0.4, 0.5) is 0 Å². The number of benzene rings is 1. The number of piperidine rings is 1. The minimum absolute atomic E-state index is 0.128. The summed E-state index contributed by atoms with van der Waals surface area (Å²) in [6.45, 7) is 2.45. The van der Waals surface area contributed by atoms with Gasteiger partial charge in [-0.3, -0.25) is 4.79 Å². The first-order valence-corrected chi connectivity index (χ1v) is 6.75. The van der Waals surface area contributed by atoms with Gasteiger partial charge in [0, 0.05) is 25.2 Å². The fraction of sp³-hybridized carbons (Fsp3) is 0.500. The minimum Gasteiger partial charge on any atom is -0.341 e. The number of rotatable bonds is 3. The quantitative estimate of drug-likeness (QED) is 0.911. The summed E-state index contributed by atoms with van der Waals surface area (Å²) >= 11 is 5.94. The lowest BCUT2D eigenvalue weighted by atomic mass is 9.98. The molecule has 0 spiro atoms. The van der Waals surface area contributed by atoms with Crippen LogP contribution in [0, 0.1) is 5.92 Å². The predicted molar refractivity (Wildman–Crippen MR) is 73.5 cm³/mol. The second kappa shape index (κ2) is 6.21. The third kappa shape index (κ3) is 3.47. The van der Waals surface area contributed by atoms with E-state index in [1.807, 2.05) is 31.3 Å². The molecular formula is C14H19ClN2O. The highest BCUT2D eigenvalue weighted by atomic mass is 35.5. The van der Waals surface area contributed by atoms with Crippen molar-refractivity contribution in [3.8, 4) is 0 Å². The van der Waals surface area contributed by atoms with Crippen molar-refractivity contribution < 1.29 is 4.79 Å². The van der Waals surface area contributed by atoms with Crippen LogP contribution in [0.15, 0.2) is 24.3 Å². The van der Waals surface area contributed by atoms with Gasteiger partial charge in [-0.1, -0.05) is 23.7 Å². The zero-order chi connectivity index (χ0) is 13.0. The molecule has 18 heavy (non-hydrogen) atoms. The topological polar surface area (TPSA) is 32.3 Å². The van der Waals surface area contributed by atoms with Crippen molar-refractivity contribution in [2.24, 2.45) is 5.92 Å². The first-order chi connectivity index (χ1) is 8.66. The Bertz CT molecular complexity index is 416. The van der Waals surface area contributed by atoms with Crippen molar-refractivity contribution in [1.82, 2.24) is 10.2 Å². The van der Waals surface area contributed by atoms with Gasteiger partial charge in [-0.2, -0.15) is 0 Å². The van der Waals surface area contributed by atoms with Crippen molar-refractivity contribution in [1.29, 1.82) is 0 Å². The fourth-order valence-electron chi connectivity index (χ4n) is 2.36. The van der Waals surface area contributed by atoms with Crippen LogP contribution in [-0.2, 0) is 11.3 Å². The van der Waals surface area contributed by atoms with E-state index in [0.29, 0.717) is 11.6 Å². The van der Waals surface area contributed by atoms with Crippen LogP contribution in [0.2, 0.25) is 5.02 Å². The van der Waals surface area contributed by atoms with Crippen LogP contribution in [0.3, 0.4) is 0 Å². The average molecular weight is 267 g/mol. The van der Waals surface area contributed by atoms with Crippen LogP contribution in [-0.4, -0.2) is 30.9 Å². The van der Waals surface area contributed by atoms with E-state index in [4.69, 9.17) is 11.6 Å². The highest BCUT2D eigenvalue weighted by molar-refractivity contribution is 6.30. The zero-order valence-corrected chi connectivity index (χ0v) is 11.4. The molecule has 1 N–H and O–H groups in total. The molecule has 98 valence electrons. The molecule has 0 bridgehead atoms. The summed E-state index contributed by atoms with van der Waals surface area (Å²) in [4.78, 5) is 14.0. The molecule has 0 unspecified atom stereocenters. The molecular weight excluding hydrogens is 248 g/mol. The number of nitrogens with zero attached hydrogens (tertiary/aromatic N) is 1. The second-order valence-corrected chi connectivity index (χ2v) is 5.30. The van der Waals surface area contributed by atoms with Gasteiger partial charge in [0.05, 0.1) is 5.92 Å². The van der Waals surface area contributed by atoms with Gasteiger partial charge in [-0.15, -0.1) is 0 Å². The van der Waals surface area contributed by atoms with Crippen LogP contribution < -0.4 is 5.32 Å². The Morgan fingerprint density at radius 2 is 2.39 bits per heavy atom. The van der Waals surface area contributed by atoms with Gasteiger partial charge in [0.15, 0.2) is 0 Å². The van der Waals surface area contributed by atoms with E-state index in [-0.39, 0.29) is 11.8 Å². The first kappa shape index (κ1) is 13.4. The molecule has 0 aromatic heterocycles. The van der Waals surface area contributed by atoms with Gasteiger partial charge in [0.25, 0.3) is 0 Å². The van der Waals surface area contributed by atoms with Crippen LogP contribution in [0.5, 0.6) is 0 Å². The Morgan fingerprint density at radius 3 is 3.06 bits per heavy atom. The summed E-state index contributed by atoms with van der Waals surface area (Å²) in [7, 11) is 1.86. The molecule has 1 saturated heterocycles. The molecule has 3 nitrogen and oxygen atoms in total. The molecule has 1 fully saturated rings. The van der Waals surface area contributed by atoms with Crippen LogP contribution in [0.1, 0.15) is 18.4 Å². The molecule has 1 aliphatic rings. The Balaban J connectivity index is 1.94. The maximum Gasteiger partial charge on any atom is 0.227 e. The van der Waals surface area contributed by atoms with E-state index in [9.17, 15) is 4.79 Å². The van der Waals surface area contributed by atoms with Crippen molar-refractivity contribution in [2.45, 2.75) is 19.4 Å². The van der Waals surface area contributed by atoms with Gasteiger partial charge in [0.2, 0.25) is 5.91 Å². The van der Waals surface area contributed by atoms with Gasteiger partial charge >= 0.3 is 0 Å². The van der Waals surface area contributed by atoms with Gasteiger partial charge in [0.1, 0.15) is 0 Å². The number of amides is 1. The molecule has 1 aromatic carbocycles. The highest BCUT2D eigenvalue weighted by Gasteiger charge is 2.23. The number of carbonyl (C=O) groups excluding carboxylic acids is 1. The third-order valence-corrected chi connectivity index (χ3v) is 3.57. The van der Waals surface area contributed by atoms with Crippen molar-refractivity contribution in [2.75, 3.05) is 20.1 Å². The summed E-state index contributed by atoms with van der Waals surface area (Å²) < 4.78 is 0. The number of nitrogens with one attached hydrogen (secondary N) is 1. The molecule has 0 radical (unpaired) electrons. The summed E-state index contributed by atoms with van der Waals surface area (Å²) in [5.74, 6) is 0.352. The second-order valence-electron chi connectivity index (χ2n) is 4.87. The number of halogens is 1. The maximum absolute atomic E-state index is 12.2. The lowest BCUT2D eigenvalue weighted by Crippen LogP contribution is -2.41. The Kier molecular flexibility index (Phi) is 4.61. The predicted octanol–water partition coefficient (Wildman–Crippen LogP) is 2.30. The van der Waals surface area contributed by atoms with Crippen LogP contribution in [0.25, 0.3) is 0 Å². The van der Waals surface area contributed by atoms with E-state index in [0.717, 1.165) is 31.5 Å². The normalized spacial score (nSPS) is 19.6. The Hall–Kier alpha value is -1.06. The largest absolute Gasteiger partial charge is 0.341 e. The van der Waals surface area contributed by atoms with Crippen molar-refractivity contribution in [3.05, 3.63) is 34.9 Å². The average Bonchev–Trinajstić information content (AvgIpc) is 2.39. The fourth-order valence-corrected chi connectivity index (χ4v) is 2.57. The van der Waals surface area contributed by atoms with Gasteiger partial charge in [-0.05, 0) is 37.1 Å². The molecule has 1 atom stereocenters. The van der Waals surface area contributed by atoms with Gasteiger partial charge in [-0.25, -0.2) is 0 Å². The van der Waals surface area contributed by atoms with Crippen LogP contribution >= 0.6 is 11.6 Å². The third-order valence-electron chi connectivity index (χ3n) is 3.33. The lowest BCUT2D eigenvalue weighted by Gasteiger charge is -2.27. The summed E-state index contributed by atoms with van der Waals surface area (Å²) in [6.07, 6.45) is 2.08. The van der Waals surface area contributed by atoms with E-state index < -0.39 is 0 Å². The van der Waals surface area contributed by atoms with Gasteiger partial charge < -0.3 is 10.2 Å². The molecule has 0 aliphatic carbocycles. The number of carbonyl (C=O) groups is 1. The monoisotopic (exact) mass is 266 g/mol. The number of hydrogen-bond acceptors (Lipinski definition) is 2. The molecule has 1 aromatic rings. The molecule has 1 amide bonds. The molecule has 1 heterocycles. The van der Waals surface area contributed by atoms with Crippen molar-refractivity contribution >= 4 is 17.5 Å². The van der Waals surface area contributed by atoms with Crippen molar-refractivity contribution in [3.63, 3.8) is 0 Å². The standard InChI is InChI=1S/C14H19ClN2O/c1-17(10-11-4-2-6-13(15)8-11)14(18)12-5-3-7-16-9-12/h2,4,6,8,12,16H,3,5,7,9-10H2,1H3/t12-/m0/s1. The smallest absolute Gasteiger partial charge is 0.227 e. The van der Waals surface area contributed by atoms with E-state index in [1.165, 1.54) is 0 Å². The van der Waals surface area contributed by atoms with E-state index in [1.54, 1.807) is 4.90 Å². The molecule has 4 heteroatoms. The minimum atomic E-state index is 0.128. The van der Waals surface area contributed by atoms with E-state index in [2.05, 4.69) is 5.32 Å². The molecule has 1 aliphatic heterocycles. The molecule has 2 rings (SSSR count). The zero-order valence-electron chi connectivity index (χ0n) is 10.7. The SMILES string of the molecule is CN(Cc1cccc(Cl)c1)C(=O)[C@H]1CCCNC1. The Labute approximate surface area is 113 Å². The summed E-state index contributed by atoms with van der Waals surface area (Å²) in [5, 5.41) is 3.99. The summed E-state index contributed by atoms with van der Waals surface area (Å²) in [5.41, 5.74) is 1.07. The number of hydrogen-bond donors (Lipinski definition) is 1. The maximum atomic E-state index is 12.2. The summed E-state index contributed by atoms with van der Waals surface area (Å²) in [6, 6.07) is 7.66.